The number of methoxy groups -OCH3 is 1. The molecule has 0 aliphatic rings. The average Bonchev–Trinajstić information content (AvgIpc) is 2.57. The van der Waals surface area contributed by atoms with Gasteiger partial charge in [0.15, 0.2) is 17.1 Å². The van der Waals surface area contributed by atoms with Crippen LogP contribution in [-0.2, 0) is 0 Å². The second-order valence-corrected chi connectivity index (χ2v) is 6.09. The van der Waals surface area contributed by atoms with E-state index in [1.165, 1.54) is 12.7 Å². The van der Waals surface area contributed by atoms with Crippen molar-refractivity contribution in [3.8, 4) is 17.2 Å². The van der Waals surface area contributed by atoms with Crippen LogP contribution in [0.2, 0.25) is 0 Å². The van der Waals surface area contributed by atoms with Crippen LogP contribution in [0.25, 0.3) is 11.0 Å². The zero-order valence-electron chi connectivity index (χ0n) is 15.1. The molecule has 25 heavy (non-hydrogen) atoms. The van der Waals surface area contributed by atoms with E-state index in [4.69, 9.17) is 13.9 Å². The SMILES string of the molecule is COc1cccc2c(O)c(OCC=C(C)CCC=C(C)C)c(=O)oc12. The van der Waals surface area contributed by atoms with Crippen LogP contribution in [0.15, 0.2) is 50.7 Å². The molecule has 0 radical (unpaired) electrons. The van der Waals surface area contributed by atoms with Crippen molar-refractivity contribution < 1.29 is 19.0 Å². The molecule has 0 unspecified atom stereocenters. The summed E-state index contributed by atoms with van der Waals surface area (Å²) < 4.78 is 15.9. The van der Waals surface area contributed by atoms with E-state index in [0.29, 0.717) is 11.1 Å². The summed E-state index contributed by atoms with van der Waals surface area (Å²) in [6.07, 6.45) is 5.96. The summed E-state index contributed by atoms with van der Waals surface area (Å²) in [5.74, 6) is -0.0405. The summed E-state index contributed by atoms with van der Waals surface area (Å²) in [6.45, 7) is 6.34. The molecule has 0 bridgehead atoms. The van der Waals surface area contributed by atoms with Crippen LogP contribution in [-0.4, -0.2) is 18.8 Å². The van der Waals surface area contributed by atoms with E-state index < -0.39 is 5.63 Å². The van der Waals surface area contributed by atoms with E-state index in [-0.39, 0.29) is 23.7 Å². The molecule has 0 aliphatic carbocycles. The van der Waals surface area contributed by atoms with E-state index in [9.17, 15) is 9.90 Å². The molecule has 1 heterocycles. The van der Waals surface area contributed by atoms with Gasteiger partial charge >= 0.3 is 5.63 Å². The maximum atomic E-state index is 12.1. The molecule has 134 valence electrons. The summed E-state index contributed by atoms with van der Waals surface area (Å²) in [4.78, 5) is 12.1. The third-order valence-electron chi connectivity index (χ3n) is 3.80. The maximum absolute atomic E-state index is 12.1. The van der Waals surface area contributed by atoms with Gasteiger partial charge in [0.05, 0.1) is 12.5 Å². The summed E-state index contributed by atoms with van der Waals surface area (Å²) >= 11 is 0. The van der Waals surface area contributed by atoms with Crippen LogP contribution in [0.4, 0.5) is 0 Å². The molecule has 1 aromatic heterocycles. The van der Waals surface area contributed by atoms with Crippen molar-refractivity contribution in [2.75, 3.05) is 13.7 Å². The lowest BCUT2D eigenvalue weighted by Gasteiger charge is -2.09. The lowest BCUT2D eigenvalue weighted by atomic mass is 10.1. The molecule has 2 rings (SSSR count). The molecule has 5 nitrogen and oxygen atoms in total. The Balaban J connectivity index is 2.16. The molecule has 0 atom stereocenters. The monoisotopic (exact) mass is 344 g/mol. The van der Waals surface area contributed by atoms with Gasteiger partial charge in [-0.3, -0.25) is 0 Å². The van der Waals surface area contributed by atoms with Crippen LogP contribution in [0, 0.1) is 0 Å². The minimum absolute atomic E-state index is 0.186. The molecule has 0 saturated carbocycles. The largest absolute Gasteiger partial charge is 0.504 e. The number of fused-ring (bicyclic) bond motifs is 1. The fourth-order valence-electron chi connectivity index (χ4n) is 2.41. The quantitative estimate of drug-likeness (QED) is 0.588. The summed E-state index contributed by atoms with van der Waals surface area (Å²) in [5.41, 5.74) is 1.92. The Bertz CT molecular complexity index is 854. The second kappa shape index (κ2) is 8.42. The van der Waals surface area contributed by atoms with E-state index in [1.54, 1.807) is 18.2 Å². The Hall–Kier alpha value is -2.69. The first-order valence-corrected chi connectivity index (χ1v) is 8.18. The van der Waals surface area contributed by atoms with Crippen LogP contribution in [0.5, 0.6) is 17.2 Å². The van der Waals surface area contributed by atoms with Gasteiger partial charge in [-0.1, -0.05) is 23.3 Å². The number of aromatic hydroxyl groups is 1. The zero-order valence-corrected chi connectivity index (χ0v) is 15.1. The Morgan fingerprint density at radius 3 is 2.68 bits per heavy atom. The first-order valence-electron chi connectivity index (χ1n) is 8.18. The minimum Gasteiger partial charge on any atom is -0.504 e. The van der Waals surface area contributed by atoms with Gasteiger partial charge in [-0.25, -0.2) is 4.79 Å². The highest BCUT2D eigenvalue weighted by Crippen LogP contribution is 2.35. The molecular weight excluding hydrogens is 320 g/mol. The minimum atomic E-state index is -0.731. The molecule has 0 fully saturated rings. The van der Waals surface area contributed by atoms with E-state index in [0.717, 1.165) is 18.4 Å². The van der Waals surface area contributed by atoms with Crippen molar-refractivity contribution in [1.82, 2.24) is 0 Å². The fraction of sp³-hybridized carbons (Fsp3) is 0.350. The zero-order chi connectivity index (χ0) is 18.4. The van der Waals surface area contributed by atoms with Gasteiger partial charge in [0.25, 0.3) is 0 Å². The smallest absolute Gasteiger partial charge is 0.383 e. The van der Waals surface area contributed by atoms with E-state index >= 15 is 0 Å². The van der Waals surface area contributed by atoms with Gasteiger partial charge in [-0.05, 0) is 51.8 Å². The number of rotatable bonds is 7. The fourth-order valence-corrected chi connectivity index (χ4v) is 2.41. The van der Waals surface area contributed by atoms with Gasteiger partial charge < -0.3 is 19.0 Å². The number of para-hydroxylation sites is 1. The van der Waals surface area contributed by atoms with Crippen molar-refractivity contribution >= 4 is 11.0 Å². The number of hydrogen-bond acceptors (Lipinski definition) is 5. The highest BCUT2D eigenvalue weighted by atomic mass is 16.5. The first-order chi connectivity index (χ1) is 11.9. The summed E-state index contributed by atoms with van der Waals surface area (Å²) in [6, 6.07) is 5.01. The molecular formula is C20H24O5. The Kier molecular flexibility index (Phi) is 6.28. The van der Waals surface area contributed by atoms with E-state index in [2.05, 4.69) is 19.9 Å². The first kappa shape index (κ1) is 18.6. The summed E-state index contributed by atoms with van der Waals surface area (Å²) in [5, 5.41) is 10.7. The average molecular weight is 344 g/mol. The number of allylic oxidation sites excluding steroid dienone is 3. The van der Waals surface area contributed by atoms with Gasteiger partial charge in [-0.2, -0.15) is 0 Å². The standard InChI is InChI=1S/C20H24O5/c1-13(2)7-5-8-14(3)11-12-24-19-17(21)15-9-6-10-16(23-4)18(15)25-20(19)22/h6-7,9-11,21H,5,8,12H2,1-4H3. The van der Waals surface area contributed by atoms with Crippen LogP contribution >= 0.6 is 0 Å². The van der Waals surface area contributed by atoms with Gasteiger partial charge in [0, 0.05) is 0 Å². The molecule has 5 heteroatoms. The van der Waals surface area contributed by atoms with Crippen LogP contribution in [0.3, 0.4) is 0 Å². The van der Waals surface area contributed by atoms with Crippen molar-refractivity contribution in [3.63, 3.8) is 0 Å². The second-order valence-electron chi connectivity index (χ2n) is 6.09. The number of ether oxygens (including phenoxy) is 2. The molecule has 0 saturated heterocycles. The molecule has 0 spiro atoms. The van der Waals surface area contributed by atoms with Crippen molar-refractivity contribution in [3.05, 3.63) is 51.9 Å². The predicted octanol–water partition coefficient (Wildman–Crippen LogP) is 4.58. The highest BCUT2D eigenvalue weighted by Gasteiger charge is 2.17. The van der Waals surface area contributed by atoms with Gasteiger partial charge in [0.1, 0.15) is 6.61 Å². The lowest BCUT2D eigenvalue weighted by molar-refractivity contribution is 0.315. The van der Waals surface area contributed by atoms with Crippen LogP contribution in [0.1, 0.15) is 33.6 Å². The van der Waals surface area contributed by atoms with E-state index in [1.807, 2.05) is 13.0 Å². The number of hydrogen-bond donors (Lipinski definition) is 1. The van der Waals surface area contributed by atoms with Crippen molar-refractivity contribution in [2.45, 2.75) is 33.6 Å². The van der Waals surface area contributed by atoms with Gasteiger partial charge in [-0.15, -0.1) is 0 Å². The third kappa shape index (κ3) is 4.66. The molecule has 0 aliphatic heterocycles. The maximum Gasteiger partial charge on any atom is 0.383 e. The summed E-state index contributed by atoms with van der Waals surface area (Å²) in [7, 11) is 1.47. The number of benzene rings is 1. The van der Waals surface area contributed by atoms with Crippen molar-refractivity contribution in [2.24, 2.45) is 0 Å². The topological polar surface area (TPSA) is 68.9 Å². The Labute approximate surface area is 147 Å². The van der Waals surface area contributed by atoms with Gasteiger partial charge in [0.2, 0.25) is 5.75 Å². The van der Waals surface area contributed by atoms with Crippen LogP contribution < -0.4 is 15.1 Å². The predicted molar refractivity (Wildman–Crippen MR) is 98.6 cm³/mol. The highest BCUT2D eigenvalue weighted by molar-refractivity contribution is 5.89. The Morgan fingerprint density at radius 2 is 2.00 bits per heavy atom. The molecule has 1 N–H and O–H groups in total. The normalized spacial score (nSPS) is 11.4. The molecule has 1 aromatic carbocycles. The molecule has 2 aromatic rings. The molecule has 0 amide bonds. The Morgan fingerprint density at radius 1 is 1.24 bits per heavy atom. The lowest BCUT2D eigenvalue weighted by Crippen LogP contribution is -2.08. The third-order valence-corrected chi connectivity index (χ3v) is 3.80. The van der Waals surface area contributed by atoms with Crippen molar-refractivity contribution in [1.29, 1.82) is 0 Å².